The smallest absolute Gasteiger partial charge is 0.339 e. The van der Waals surface area contributed by atoms with Gasteiger partial charge in [0.05, 0.1) is 12.7 Å². The number of hydrogen-bond acceptors (Lipinski definition) is 4. The third kappa shape index (κ3) is 3.89. The fourth-order valence-electron chi connectivity index (χ4n) is 3.04. The molecule has 3 rings (SSSR count). The van der Waals surface area contributed by atoms with E-state index in [0.29, 0.717) is 17.4 Å². The second-order valence-corrected chi connectivity index (χ2v) is 5.88. The maximum Gasteiger partial charge on any atom is 0.339 e. The fraction of sp³-hybridized carbons (Fsp3) is 0.368. The van der Waals surface area contributed by atoms with Crippen LogP contribution < -0.4 is 4.74 Å². The van der Waals surface area contributed by atoms with E-state index in [-0.39, 0.29) is 0 Å². The first-order valence-electron chi connectivity index (χ1n) is 8.08. The summed E-state index contributed by atoms with van der Waals surface area (Å²) in [5, 5.41) is 0. The zero-order valence-corrected chi connectivity index (χ0v) is 13.3. The Morgan fingerprint density at radius 1 is 1.04 bits per heavy atom. The Labute approximate surface area is 136 Å². The van der Waals surface area contributed by atoms with Crippen molar-refractivity contribution in [2.45, 2.75) is 38.0 Å². The summed E-state index contributed by atoms with van der Waals surface area (Å²) in [6.45, 7) is 0. The number of hydrogen-bond donors (Lipinski definition) is 0. The van der Waals surface area contributed by atoms with E-state index >= 15 is 0 Å². The molecule has 23 heavy (non-hydrogen) atoms. The summed E-state index contributed by atoms with van der Waals surface area (Å²) in [6.07, 6.45) is 8.06. The number of carbonyl (C=O) groups is 1. The minimum Gasteiger partial charge on any atom is -0.465 e. The molecule has 2 aromatic rings. The molecular formula is C19H21NO3. The van der Waals surface area contributed by atoms with Gasteiger partial charge in [-0.1, -0.05) is 31.4 Å². The highest BCUT2D eigenvalue weighted by Gasteiger charge is 2.15. The van der Waals surface area contributed by atoms with Crippen LogP contribution in [0.2, 0.25) is 0 Å². The standard InChI is InChI=1S/C19H21NO3/c1-22-19(21)16-9-12-18(20-13-16)23-17-10-7-15(8-11-17)14-5-3-2-4-6-14/h7-14H,2-6H2,1H3. The minimum atomic E-state index is -0.402. The zero-order valence-electron chi connectivity index (χ0n) is 13.3. The van der Waals surface area contributed by atoms with Gasteiger partial charge in [-0.2, -0.15) is 0 Å². The average molecular weight is 311 g/mol. The van der Waals surface area contributed by atoms with Crippen LogP contribution in [0.15, 0.2) is 42.6 Å². The Kier molecular flexibility index (Phi) is 4.91. The zero-order chi connectivity index (χ0) is 16.1. The average Bonchev–Trinajstić information content (AvgIpc) is 2.63. The Morgan fingerprint density at radius 2 is 1.78 bits per heavy atom. The van der Waals surface area contributed by atoms with Crippen molar-refractivity contribution in [3.63, 3.8) is 0 Å². The molecule has 1 aromatic heterocycles. The SMILES string of the molecule is COC(=O)c1ccc(Oc2ccc(C3CCCCC3)cc2)nc1. The maximum atomic E-state index is 11.4. The molecular weight excluding hydrogens is 290 g/mol. The quantitative estimate of drug-likeness (QED) is 0.767. The first-order chi connectivity index (χ1) is 11.3. The van der Waals surface area contributed by atoms with Crippen molar-refractivity contribution in [1.29, 1.82) is 0 Å². The molecule has 0 amide bonds. The molecule has 1 aliphatic carbocycles. The van der Waals surface area contributed by atoms with Gasteiger partial charge in [-0.25, -0.2) is 9.78 Å². The second kappa shape index (κ2) is 7.27. The van der Waals surface area contributed by atoms with Gasteiger partial charge in [0, 0.05) is 12.3 Å². The third-order valence-electron chi connectivity index (χ3n) is 4.34. The molecule has 1 heterocycles. The van der Waals surface area contributed by atoms with Crippen molar-refractivity contribution in [3.8, 4) is 11.6 Å². The molecule has 1 aromatic carbocycles. The van der Waals surface area contributed by atoms with Gasteiger partial charge in [0.25, 0.3) is 0 Å². The Morgan fingerprint density at radius 3 is 2.39 bits per heavy atom. The number of pyridine rings is 1. The lowest BCUT2D eigenvalue weighted by Gasteiger charge is -2.22. The van der Waals surface area contributed by atoms with Crippen molar-refractivity contribution in [1.82, 2.24) is 4.98 Å². The monoisotopic (exact) mass is 311 g/mol. The molecule has 0 spiro atoms. The van der Waals surface area contributed by atoms with E-state index < -0.39 is 5.97 Å². The lowest BCUT2D eigenvalue weighted by Crippen LogP contribution is -2.04. The predicted octanol–water partition coefficient (Wildman–Crippen LogP) is 4.71. The summed E-state index contributed by atoms with van der Waals surface area (Å²) in [7, 11) is 1.35. The fourth-order valence-corrected chi connectivity index (χ4v) is 3.04. The normalized spacial score (nSPS) is 15.2. The molecule has 0 bridgehead atoms. The van der Waals surface area contributed by atoms with Crippen LogP contribution in [0.5, 0.6) is 11.6 Å². The number of benzene rings is 1. The van der Waals surface area contributed by atoms with E-state index in [0.717, 1.165) is 5.75 Å². The lowest BCUT2D eigenvalue weighted by atomic mass is 9.84. The number of carbonyl (C=O) groups excluding carboxylic acids is 1. The van der Waals surface area contributed by atoms with Crippen LogP contribution >= 0.6 is 0 Å². The molecule has 4 heteroatoms. The molecule has 1 saturated carbocycles. The number of methoxy groups -OCH3 is 1. The van der Waals surface area contributed by atoms with Gasteiger partial charge in [-0.05, 0) is 42.5 Å². The number of aromatic nitrogens is 1. The highest BCUT2D eigenvalue weighted by atomic mass is 16.5. The van der Waals surface area contributed by atoms with Crippen molar-refractivity contribution in [2.75, 3.05) is 7.11 Å². The number of nitrogens with zero attached hydrogens (tertiary/aromatic N) is 1. The topological polar surface area (TPSA) is 48.4 Å². The van der Waals surface area contributed by atoms with E-state index in [2.05, 4.69) is 21.9 Å². The molecule has 0 unspecified atom stereocenters. The van der Waals surface area contributed by atoms with Crippen LogP contribution in [0.1, 0.15) is 53.9 Å². The van der Waals surface area contributed by atoms with E-state index in [9.17, 15) is 4.79 Å². The van der Waals surface area contributed by atoms with Gasteiger partial charge < -0.3 is 9.47 Å². The van der Waals surface area contributed by atoms with E-state index in [4.69, 9.17) is 4.74 Å². The van der Waals surface area contributed by atoms with Crippen molar-refractivity contribution in [3.05, 3.63) is 53.7 Å². The van der Waals surface area contributed by atoms with Gasteiger partial charge in [0.15, 0.2) is 0 Å². The molecule has 120 valence electrons. The van der Waals surface area contributed by atoms with Crippen LogP contribution in [0.25, 0.3) is 0 Å². The molecule has 0 aliphatic heterocycles. The van der Waals surface area contributed by atoms with E-state index in [1.807, 2.05) is 12.1 Å². The molecule has 0 atom stereocenters. The number of ether oxygens (including phenoxy) is 2. The summed E-state index contributed by atoms with van der Waals surface area (Å²) in [5.41, 5.74) is 1.80. The first-order valence-corrected chi connectivity index (χ1v) is 8.08. The molecule has 1 aliphatic rings. The minimum absolute atomic E-state index is 0.402. The molecule has 0 N–H and O–H groups in total. The first kappa shape index (κ1) is 15.5. The summed E-state index contributed by atoms with van der Waals surface area (Å²) < 4.78 is 10.4. The van der Waals surface area contributed by atoms with Crippen LogP contribution in [0, 0.1) is 0 Å². The Bertz CT molecular complexity index is 643. The highest BCUT2D eigenvalue weighted by Crippen LogP contribution is 2.33. The van der Waals surface area contributed by atoms with E-state index in [1.54, 1.807) is 12.1 Å². The van der Waals surface area contributed by atoms with Crippen LogP contribution in [0.4, 0.5) is 0 Å². The van der Waals surface area contributed by atoms with Crippen LogP contribution in [-0.2, 0) is 4.74 Å². The van der Waals surface area contributed by atoms with Gasteiger partial charge in [-0.15, -0.1) is 0 Å². The number of esters is 1. The molecule has 4 nitrogen and oxygen atoms in total. The molecule has 1 fully saturated rings. The molecule has 0 radical (unpaired) electrons. The van der Waals surface area contributed by atoms with Crippen molar-refractivity contribution in [2.24, 2.45) is 0 Å². The summed E-state index contributed by atoms with van der Waals surface area (Å²) >= 11 is 0. The van der Waals surface area contributed by atoms with E-state index in [1.165, 1.54) is 51.0 Å². The van der Waals surface area contributed by atoms with Gasteiger partial charge in [-0.3, -0.25) is 0 Å². The summed E-state index contributed by atoms with van der Waals surface area (Å²) in [5.74, 6) is 1.50. The number of rotatable bonds is 4. The highest BCUT2D eigenvalue weighted by molar-refractivity contribution is 5.88. The lowest BCUT2D eigenvalue weighted by molar-refractivity contribution is 0.0600. The second-order valence-electron chi connectivity index (χ2n) is 5.88. The summed E-state index contributed by atoms with van der Waals surface area (Å²) in [6, 6.07) is 11.6. The Hall–Kier alpha value is -2.36. The largest absolute Gasteiger partial charge is 0.465 e. The van der Waals surface area contributed by atoms with Crippen molar-refractivity contribution < 1.29 is 14.3 Å². The predicted molar refractivity (Wildman–Crippen MR) is 87.9 cm³/mol. The van der Waals surface area contributed by atoms with Crippen molar-refractivity contribution >= 4 is 5.97 Å². The van der Waals surface area contributed by atoms with Gasteiger partial charge in [0.2, 0.25) is 5.88 Å². The Balaban J connectivity index is 1.64. The third-order valence-corrected chi connectivity index (χ3v) is 4.34. The van der Waals surface area contributed by atoms with Crippen LogP contribution in [-0.4, -0.2) is 18.1 Å². The van der Waals surface area contributed by atoms with Gasteiger partial charge in [0.1, 0.15) is 5.75 Å². The van der Waals surface area contributed by atoms with Crippen LogP contribution in [0.3, 0.4) is 0 Å². The summed E-state index contributed by atoms with van der Waals surface area (Å²) in [4.78, 5) is 15.5. The molecule has 0 saturated heterocycles. The van der Waals surface area contributed by atoms with Gasteiger partial charge >= 0.3 is 5.97 Å². The maximum absolute atomic E-state index is 11.4.